The Hall–Kier alpha value is -2.24. The maximum atomic E-state index is 6.34. The average molecular weight is 418 g/mol. The topological polar surface area (TPSA) is 56.3 Å². The van der Waals surface area contributed by atoms with Gasteiger partial charge in [-0.1, -0.05) is 23.2 Å². The number of anilines is 2. The molecule has 1 saturated carbocycles. The van der Waals surface area contributed by atoms with Crippen LogP contribution in [-0.4, -0.2) is 23.2 Å². The van der Waals surface area contributed by atoms with Gasteiger partial charge in [-0.15, -0.1) is 0 Å². The van der Waals surface area contributed by atoms with Gasteiger partial charge in [0.15, 0.2) is 11.5 Å². The molecule has 0 radical (unpaired) electrons. The standard InChI is InChI=1S/C21H21Cl2N3O2/c1-12-9-17(26-20-15(22)10-24-11-16(20)23)14-7-8-18(27-2)21(19(14)25-12)28-13-5-3-4-6-13/h7-11,13H,3-6H2,1-2H3,(H,24,25,26). The first-order chi connectivity index (χ1) is 13.6. The van der Waals surface area contributed by atoms with Crippen molar-refractivity contribution in [1.29, 1.82) is 0 Å². The Balaban J connectivity index is 1.84. The molecule has 7 heteroatoms. The second kappa shape index (κ2) is 8.02. The van der Waals surface area contributed by atoms with E-state index in [9.17, 15) is 0 Å². The van der Waals surface area contributed by atoms with E-state index in [1.807, 2.05) is 25.1 Å². The molecule has 0 amide bonds. The number of aromatic nitrogens is 2. The minimum absolute atomic E-state index is 0.197. The first-order valence-corrected chi connectivity index (χ1v) is 10.0. The first kappa shape index (κ1) is 19.1. The lowest BCUT2D eigenvalue weighted by atomic mass is 10.1. The number of hydrogen-bond acceptors (Lipinski definition) is 5. The summed E-state index contributed by atoms with van der Waals surface area (Å²) in [6, 6.07) is 5.83. The molecule has 1 aliphatic rings. The number of fused-ring (bicyclic) bond motifs is 1. The van der Waals surface area contributed by atoms with Crippen molar-refractivity contribution in [3.05, 3.63) is 46.3 Å². The number of halogens is 2. The maximum Gasteiger partial charge on any atom is 0.187 e. The van der Waals surface area contributed by atoms with Crippen molar-refractivity contribution in [2.24, 2.45) is 0 Å². The van der Waals surface area contributed by atoms with Gasteiger partial charge in [0.1, 0.15) is 5.52 Å². The van der Waals surface area contributed by atoms with Crippen LogP contribution in [0, 0.1) is 6.92 Å². The van der Waals surface area contributed by atoms with Crippen LogP contribution in [0.25, 0.3) is 10.9 Å². The van der Waals surface area contributed by atoms with Crippen LogP contribution in [0.5, 0.6) is 11.5 Å². The van der Waals surface area contributed by atoms with Crippen LogP contribution in [0.4, 0.5) is 11.4 Å². The summed E-state index contributed by atoms with van der Waals surface area (Å²) in [7, 11) is 1.65. The number of rotatable bonds is 5. The molecule has 0 unspecified atom stereocenters. The number of aryl methyl sites for hydroxylation is 1. The Kier molecular flexibility index (Phi) is 5.47. The van der Waals surface area contributed by atoms with Gasteiger partial charge in [0.25, 0.3) is 0 Å². The van der Waals surface area contributed by atoms with E-state index in [1.54, 1.807) is 19.5 Å². The van der Waals surface area contributed by atoms with Crippen molar-refractivity contribution in [2.45, 2.75) is 38.7 Å². The van der Waals surface area contributed by atoms with Crippen LogP contribution < -0.4 is 14.8 Å². The van der Waals surface area contributed by atoms with Gasteiger partial charge in [-0.2, -0.15) is 0 Å². The zero-order valence-corrected chi connectivity index (χ0v) is 17.3. The van der Waals surface area contributed by atoms with E-state index in [2.05, 4.69) is 10.3 Å². The Morgan fingerprint density at radius 3 is 2.50 bits per heavy atom. The van der Waals surface area contributed by atoms with Crippen molar-refractivity contribution in [2.75, 3.05) is 12.4 Å². The second-order valence-electron chi connectivity index (χ2n) is 6.93. The molecular weight excluding hydrogens is 397 g/mol. The molecule has 0 atom stereocenters. The lowest BCUT2D eigenvalue weighted by Gasteiger charge is -2.19. The minimum atomic E-state index is 0.197. The number of ether oxygens (including phenoxy) is 2. The summed E-state index contributed by atoms with van der Waals surface area (Å²) in [5.41, 5.74) is 3.06. The first-order valence-electron chi connectivity index (χ1n) is 9.28. The van der Waals surface area contributed by atoms with Crippen LogP contribution in [0.2, 0.25) is 10.0 Å². The normalized spacial score (nSPS) is 14.4. The SMILES string of the molecule is COc1ccc2c(Nc3c(Cl)cncc3Cl)cc(C)nc2c1OC1CCCC1. The molecule has 146 valence electrons. The molecule has 1 N–H and O–H groups in total. The third-order valence-corrected chi connectivity index (χ3v) is 5.52. The van der Waals surface area contributed by atoms with Gasteiger partial charge >= 0.3 is 0 Å². The minimum Gasteiger partial charge on any atom is -0.493 e. The highest BCUT2D eigenvalue weighted by Gasteiger charge is 2.22. The largest absolute Gasteiger partial charge is 0.493 e. The van der Waals surface area contributed by atoms with Crippen molar-refractivity contribution < 1.29 is 9.47 Å². The zero-order chi connectivity index (χ0) is 19.7. The molecule has 4 rings (SSSR count). The predicted octanol–water partition coefficient (Wildman–Crippen LogP) is 6.32. The average Bonchev–Trinajstić information content (AvgIpc) is 3.18. The Labute approximate surface area is 174 Å². The van der Waals surface area contributed by atoms with Gasteiger partial charge in [-0.3, -0.25) is 4.98 Å². The summed E-state index contributed by atoms with van der Waals surface area (Å²) in [5.74, 6) is 1.37. The van der Waals surface area contributed by atoms with Gasteiger partial charge in [0.05, 0.1) is 28.9 Å². The van der Waals surface area contributed by atoms with E-state index in [4.69, 9.17) is 37.7 Å². The molecular formula is C21H21Cl2N3O2. The van der Waals surface area contributed by atoms with Crippen LogP contribution >= 0.6 is 23.2 Å². The highest BCUT2D eigenvalue weighted by molar-refractivity contribution is 6.39. The van der Waals surface area contributed by atoms with Gasteiger partial charge < -0.3 is 14.8 Å². The van der Waals surface area contributed by atoms with Crippen LogP contribution in [0.15, 0.2) is 30.6 Å². The van der Waals surface area contributed by atoms with Crippen molar-refractivity contribution in [3.63, 3.8) is 0 Å². The van der Waals surface area contributed by atoms with E-state index >= 15 is 0 Å². The summed E-state index contributed by atoms with van der Waals surface area (Å²) in [5, 5.41) is 5.15. The monoisotopic (exact) mass is 417 g/mol. The fourth-order valence-electron chi connectivity index (χ4n) is 3.59. The molecule has 2 heterocycles. The molecule has 5 nitrogen and oxygen atoms in total. The maximum absolute atomic E-state index is 6.34. The Morgan fingerprint density at radius 2 is 1.82 bits per heavy atom. The van der Waals surface area contributed by atoms with Gasteiger partial charge in [0, 0.05) is 29.2 Å². The molecule has 3 aromatic rings. The second-order valence-corrected chi connectivity index (χ2v) is 7.75. The third-order valence-electron chi connectivity index (χ3n) is 4.95. The zero-order valence-electron chi connectivity index (χ0n) is 15.8. The Morgan fingerprint density at radius 1 is 1.11 bits per heavy atom. The van der Waals surface area contributed by atoms with Crippen molar-refractivity contribution >= 4 is 45.5 Å². The molecule has 0 aliphatic heterocycles. The lowest BCUT2D eigenvalue weighted by Crippen LogP contribution is -2.12. The Bertz CT molecular complexity index is 1000. The molecule has 28 heavy (non-hydrogen) atoms. The van der Waals surface area contributed by atoms with E-state index in [1.165, 1.54) is 12.8 Å². The summed E-state index contributed by atoms with van der Waals surface area (Å²) >= 11 is 12.6. The molecule has 0 saturated heterocycles. The number of pyridine rings is 2. The van der Waals surface area contributed by atoms with Crippen LogP contribution in [-0.2, 0) is 0 Å². The number of hydrogen-bond donors (Lipinski definition) is 1. The van der Waals surface area contributed by atoms with E-state index in [0.717, 1.165) is 35.1 Å². The van der Waals surface area contributed by atoms with Crippen molar-refractivity contribution in [3.8, 4) is 11.5 Å². The van der Waals surface area contributed by atoms with Gasteiger partial charge in [-0.25, -0.2) is 4.98 Å². The number of nitrogens with zero attached hydrogens (tertiary/aromatic N) is 2. The smallest absolute Gasteiger partial charge is 0.187 e. The predicted molar refractivity (Wildman–Crippen MR) is 113 cm³/mol. The van der Waals surface area contributed by atoms with E-state index < -0.39 is 0 Å². The number of methoxy groups -OCH3 is 1. The molecule has 2 aromatic heterocycles. The molecule has 0 spiro atoms. The summed E-state index contributed by atoms with van der Waals surface area (Å²) in [6.07, 6.45) is 7.80. The highest BCUT2D eigenvalue weighted by Crippen LogP contribution is 2.41. The van der Waals surface area contributed by atoms with Gasteiger partial charge in [-0.05, 0) is 50.8 Å². The summed E-state index contributed by atoms with van der Waals surface area (Å²) < 4.78 is 11.9. The van der Waals surface area contributed by atoms with Crippen molar-refractivity contribution in [1.82, 2.24) is 9.97 Å². The summed E-state index contributed by atoms with van der Waals surface area (Å²) in [4.78, 5) is 8.76. The fraction of sp³-hybridized carbons (Fsp3) is 0.333. The summed E-state index contributed by atoms with van der Waals surface area (Å²) in [6.45, 7) is 1.94. The highest BCUT2D eigenvalue weighted by atomic mass is 35.5. The number of benzene rings is 1. The fourth-order valence-corrected chi connectivity index (χ4v) is 4.05. The molecule has 1 fully saturated rings. The van der Waals surface area contributed by atoms with Crippen LogP contribution in [0.3, 0.4) is 0 Å². The van der Waals surface area contributed by atoms with E-state index in [-0.39, 0.29) is 6.10 Å². The van der Waals surface area contributed by atoms with Crippen LogP contribution in [0.1, 0.15) is 31.4 Å². The van der Waals surface area contributed by atoms with E-state index in [0.29, 0.717) is 27.2 Å². The quantitative estimate of drug-likeness (QED) is 0.526. The lowest BCUT2D eigenvalue weighted by molar-refractivity contribution is 0.203. The third kappa shape index (κ3) is 3.69. The molecule has 1 aliphatic carbocycles. The number of nitrogens with one attached hydrogen (secondary N) is 1. The van der Waals surface area contributed by atoms with Gasteiger partial charge in [0.2, 0.25) is 0 Å². The molecule has 1 aromatic carbocycles. The molecule has 0 bridgehead atoms.